The smallest absolute Gasteiger partial charge is 0.328 e. The number of rotatable bonds is 5. The minimum atomic E-state index is -0.536. The molecule has 0 bridgehead atoms. The number of aromatic nitrogens is 1. The fraction of sp³-hybridized carbons (Fsp3) is 0.500. The van der Waals surface area contributed by atoms with Crippen LogP contribution in [0.1, 0.15) is 32.9 Å². The van der Waals surface area contributed by atoms with Crippen LogP contribution in [-0.4, -0.2) is 34.2 Å². The van der Waals surface area contributed by atoms with E-state index in [1.165, 1.54) is 4.90 Å². The number of halogens is 1. The minimum absolute atomic E-state index is 0.159. The Balaban J connectivity index is 2.34. The maximum atomic E-state index is 12.6. The normalized spacial score (nSPS) is 22.3. The Morgan fingerprint density at radius 2 is 2.09 bits per heavy atom. The molecule has 120 valence electrons. The van der Waals surface area contributed by atoms with Gasteiger partial charge in [-0.1, -0.05) is 49.7 Å². The van der Waals surface area contributed by atoms with Gasteiger partial charge in [0.1, 0.15) is 5.50 Å². The fourth-order valence-electron chi connectivity index (χ4n) is 2.42. The molecule has 1 fully saturated rings. The van der Waals surface area contributed by atoms with E-state index in [-0.39, 0.29) is 17.5 Å². The van der Waals surface area contributed by atoms with Crippen molar-refractivity contribution in [2.24, 2.45) is 0 Å². The van der Waals surface area contributed by atoms with Gasteiger partial charge in [0.2, 0.25) is 5.88 Å². The zero-order chi connectivity index (χ0) is 16.5. The average Bonchev–Trinajstić information content (AvgIpc) is 2.98. The third kappa shape index (κ3) is 2.90. The van der Waals surface area contributed by atoms with Crippen LogP contribution in [0.4, 0.5) is 10.7 Å². The molecule has 0 radical (unpaired) electrons. The number of hydrogen-bond donors (Lipinski definition) is 0. The van der Waals surface area contributed by atoms with Crippen LogP contribution in [0, 0.1) is 0 Å². The molecule has 1 aromatic heterocycles. The van der Waals surface area contributed by atoms with E-state index in [0.717, 1.165) is 5.69 Å². The molecule has 2 amide bonds. The van der Waals surface area contributed by atoms with E-state index in [1.807, 2.05) is 20.8 Å². The van der Waals surface area contributed by atoms with Crippen molar-refractivity contribution in [3.63, 3.8) is 0 Å². The molecule has 2 heterocycles. The highest BCUT2D eigenvalue weighted by molar-refractivity contribution is 6.26. The van der Waals surface area contributed by atoms with E-state index in [1.54, 1.807) is 23.1 Å². The summed E-state index contributed by atoms with van der Waals surface area (Å²) < 4.78 is 5.36. The molecule has 22 heavy (non-hydrogen) atoms. The molecule has 1 saturated heterocycles. The summed E-state index contributed by atoms with van der Waals surface area (Å²) in [7, 11) is 0. The molecule has 2 atom stereocenters. The molecular weight excluding hydrogens is 302 g/mol. The number of hydrogen-bond acceptors (Lipinski definition) is 3. The Kier molecular flexibility index (Phi) is 4.66. The van der Waals surface area contributed by atoms with E-state index in [0.29, 0.717) is 18.8 Å². The first-order valence-electron chi connectivity index (χ1n) is 7.24. The van der Waals surface area contributed by atoms with Crippen molar-refractivity contribution in [2.75, 3.05) is 11.4 Å². The van der Waals surface area contributed by atoms with Crippen molar-refractivity contribution in [1.82, 2.24) is 10.1 Å². The van der Waals surface area contributed by atoms with Crippen LogP contribution in [0.2, 0.25) is 0 Å². The molecule has 2 unspecified atom stereocenters. The summed E-state index contributed by atoms with van der Waals surface area (Å²) in [4.78, 5) is 15.8. The van der Waals surface area contributed by atoms with Gasteiger partial charge in [-0.2, -0.15) is 0 Å². The number of anilines is 1. The maximum absolute atomic E-state index is 12.6. The lowest BCUT2D eigenvalue weighted by Crippen LogP contribution is -2.35. The highest BCUT2D eigenvalue weighted by Crippen LogP contribution is 2.35. The Bertz CT molecular complexity index is 576. The largest absolute Gasteiger partial charge is 0.338 e. The second-order valence-corrected chi connectivity index (χ2v) is 6.81. The Labute approximate surface area is 136 Å². The van der Waals surface area contributed by atoms with Gasteiger partial charge >= 0.3 is 6.03 Å². The van der Waals surface area contributed by atoms with Crippen LogP contribution in [0.5, 0.6) is 0 Å². The van der Waals surface area contributed by atoms with Gasteiger partial charge in [0.05, 0.1) is 11.7 Å². The first-order valence-corrected chi connectivity index (χ1v) is 7.67. The Morgan fingerprint density at radius 3 is 2.59 bits per heavy atom. The van der Waals surface area contributed by atoms with Crippen LogP contribution >= 0.6 is 11.6 Å². The first kappa shape index (κ1) is 16.6. The summed E-state index contributed by atoms with van der Waals surface area (Å²) in [6, 6.07) is 1.39. The molecule has 0 aliphatic carbocycles. The lowest BCUT2D eigenvalue weighted by Gasteiger charge is -2.21. The molecule has 2 rings (SSSR count). The summed E-state index contributed by atoms with van der Waals surface area (Å²) in [5.41, 5.74) is 0.0843. The highest BCUT2D eigenvalue weighted by atomic mass is 35.5. The second-order valence-electron chi connectivity index (χ2n) is 6.36. The fourth-order valence-corrected chi connectivity index (χ4v) is 2.84. The third-order valence-electron chi connectivity index (χ3n) is 3.65. The van der Waals surface area contributed by atoms with E-state index >= 15 is 0 Å². The molecule has 1 aromatic rings. The van der Waals surface area contributed by atoms with Crippen molar-refractivity contribution < 1.29 is 9.32 Å². The SMILES string of the molecule is C=CCC1C(Cl)N(c2cc(C(C)(C)C)no2)C(=O)N1CC=C. The van der Waals surface area contributed by atoms with Crippen molar-refractivity contribution in [3.8, 4) is 0 Å². The Morgan fingerprint density at radius 1 is 1.41 bits per heavy atom. The molecular formula is C16H22ClN3O2. The van der Waals surface area contributed by atoms with Crippen molar-refractivity contribution in [3.05, 3.63) is 37.1 Å². The van der Waals surface area contributed by atoms with Gasteiger partial charge in [-0.15, -0.1) is 13.2 Å². The van der Waals surface area contributed by atoms with E-state index in [9.17, 15) is 4.79 Å². The summed E-state index contributed by atoms with van der Waals surface area (Å²) in [6.07, 6.45) is 4.04. The van der Waals surface area contributed by atoms with Crippen LogP contribution in [-0.2, 0) is 5.41 Å². The minimum Gasteiger partial charge on any atom is -0.338 e. The lowest BCUT2D eigenvalue weighted by molar-refractivity contribution is 0.211. The molecule has 5 nitrogen and oxygen atoms in total. The molecule has 0 N–H and O–H groups in total. The van der Waals surface area contributed by atoms with Gasteiger partial charge in [0, 0.05) is 18.0 Å². The van der Waals surface area contributed by atoms with Crippen molar-refractivity contribution in [1.29, 1.82) is 0 Å². The third-order valence-corrected chi connectivity index (χ3v) is 4.14. The van der Waals surface area contributed by atoms with Crippen LogP contribution in [0.15, 0.2) is 35.9 Å². The summed E-state index contributed by atoms with van der Waals surface area (Å²) in [5.74, 6) is 0.371. The van der Waals surface area contributed by atoms with Gasteiger partial charge in [0.25, 0.3) is 0 Å². The van der Waals surface area contributed by atoms with Gasteiger partial charge in [-0.25, -0.2) is 9.69 Å². The number of urea groups is 1. The predicted molar refractivity (Wildman–Crippen MR) is 88.2 cm³/mol. The predicted octanol–water partition coefficient (Wildman–Crippen LogP) is 3.91. The molecule has 6 heteroatoms. The molecule has 1 aliphatic heterocycles. The monoisotopic (exact) mass is 323 g/mol. The topological polar surface area (TPSA) is 49.6 Å². The van der Waals surface area contributed by atoms with Crippen LogP contribution < -0.4 is 4.90 Å². The highest BCUT2D eigenvalue weighted by Gasteiger charge is 2.46. The maximum Gasteiger partial charge on any atom is 0.328 e. The molecule has 0 spiro atoms. The number of carbonyl (C=O) groups excluding carboxylic acids is 1. The van der Waals surface area contributed by atoms with Crippen molar-refractivity contribution in [2.45, 2.75) is 44.1 Å². The van der Waals surface area contributed by atoms with E-state index < -0.39 is 5.50 Å². The summed E-state index contributed by atoms with van der Waals surface area (Å²) in [5, 5.41) is 4.06. The zero-order valence-electron chi connectivity index (χ0n) is 13.3. The lowest BCUT2D eigenvalue weighted by atomic mass is 9.92. The molecule has 0 aromatic carbocycles. The Hall–Kier alpha value is -1.75. The summed E-state index contributed by atoms with van der Waals surface area (Å²) in [6.45, 7) is 14.0. The van der Waals surface area contributed by atoms with Crippen molar-refractivity contribution >= 4 is 23.5 Å². The zero-order valence-corrected chi connectivity index (χ0v) is 14.0. The van der Waals surface area contributed by atoms with Gasteiger partial charge in [0.15, 0.2) is 0 Å². The van der Waals surface area contributed by atoms with E-state index in [4.69, 9.17) is 16.1 Å². The second kappa shape index (κ2) is 6.16. The quantitative estimate of drug-likeness (QED) is 0.469. The first-order chi connectivity index (χ1) is 10.3. The number of nitrogens with zero attached hydrogens (tertiary/aromatic N) is 3. The van der Waals surface area contributed by atoms with Gasteiger partial charge in [-0.05, 0) is 6.42 Å². The summed E-state index contributed by atoms with van der Waals surface area (Å²) >= 11 is 6.50. The molecule has 0 saturated carbocycles. The molecule has 1 aliphatic rings. The average molecular weight is 324 g/mol. The van der Waals surface area contributed by atoms with Crippen LogP contribution in [0.25, 0.3) is 0 Å². The number of carbonyl (C=O) groups is 1. The van der Waals surface area contributed by atoms with Crippen LogP contribution in [0.3, 0.4) is 0 Å². The number of amides is 2. The number of alkyl halides is 1. The standard InChI is InChI=1S/C16H22ClN3O2/c1-6-8-11-14(17)20(15(21)19(11)9-7-2)13-10-12(18-22-13)16(3,4)5/h6-7,10-11,14H,1-2,8-9H2,3-5H3. The van der Waals surface area contributed by atoms with Gasteiger partial charge in [-0.3, -0.25) is 0 Å². The van der Waals surface area contributed by atoms with Gasteiger partial charge < -0.3 is 9.42 Å². The van der Waals surface area contributed by atoms with E-state index in [2.05, 4.69) is 18.3 Å².